The lowest BCUT2D eigenvalue weighted by molar-refractivity contribution is 0.0897. The van der Waals surface area contributed by atoms with Gasteiger partial charge in [-0.2, -0.15) is 0 Å². The average Bonchev–Trinajstić information content (AvgIpc) is 3.23. The molecule has 1 aromatic carbocycles. The van der Waals surface area contributed by atoms with E-state index in [0.29, 0.717) is 25.7 Å². The number of amides is 2. The van der Waals surface area contributed by atoms with Crippen LogP contribution >= 0.6 is 11.3 Å². The summed E-state index contributed by atoms with van der Waals surface area (Å²) >= 11 is 1.58. The minimum Gasteiger partial charge on any atom is -0.376 e. The van der Waals surface area contributed by atoms with Crippen molar-refractivity contribution in [2.45, 2.75) is 26.5 Å². The number of ether oxygens (including phenoxy) is 1. The van der Waals surface area contributed by atoms with E-state index in [-0.39, 0.29) is 6.03 Å². The Morgan fingerprint density at radius 2 is 2.25 bits per heavy atom. The Labute approximate surface area is 146 Å². The molecule has 0 bridgehead atoms. The summed E-state index contributed by atoms with van der Waals surface area (Å²) in [6, 6.07) is 10.2. The van der Waals surface area contributed by atoms with E-state index >= 15 is 0 Å². The fourth-order valence-corrected chi connectivity index (χ4v) is 3.55. The topological polar surface area (TPSA) is 54.5 Å². The third-order valence-corrected chi connectivity index (χ3v) is 5.22. The zero-order valence-corrected chi connectivity index (χ0v) is 14.7. The number of nitrogens with one attached hydrogen (secondary N) is 1. The molecule has 5 nitrogen and oxygen atoms in total. The van der Waals surface area contributed by atoms with Crippen LogP contribution < -0.4 is 5.32 Å². The van der Waals surface area contributed by atoms with Crippen molar-refractivity contribution in [3.63, 3.8) is 0 Å². The van der Waals surface area contributed by atoms with Crippen LogP contribution in [0.4, 0.5) is 4.79 Å². The fourth-order valence-electron chi connectivity index (χ4n) is 2.83. The van der Waals surface area contributed by atoms with Gasteiger partial charge in [-0.25, -0.2) is 9.78 Å². The van der Waals surface area contributed by atoms with Crippen molar-refractivity contribution in [2.75, 3.05) is 19.7 Å². The number of hydrogen-bond donors (Lipinski definition) is 1. The molecule has 128 valence electrons. The fraction of sp³-hybridized carbons (Fsp3) is 0.444. The van der Waals surface area contributed by atoms with E-state index in [1.807, 2.05) is 35.5 Å². The molecule has 1 N–H and O–H groups in total. The van der Waals surface area contributed by atoms with Gasteiger partial charge in [0, 0.05) is 23.9 Å². The highest BCUT2D eigenvalue weighted by atomic mass is 32.1. The standard InChI is InChI=1S/C18H23N3O2S/c1-14-17(24-13-20-14)9-19-18(22)21-8-7-16(10-21)12-23-11-15-5-3-2-4-6-15/h2-6,13,16H,7-12H2,1H3,(H,19,22)/t16-/m1/s1. The van der Waals surface area contributed by atoms with E-state index in [0.717, 1.165) is 30.1 Å². The van der Waals surface area contributed by atoms with Crippen LogP contribution in [0.25, 0.3) is 0 Å². The summed E-state index contributed by atoms with van der Waals surface area (Å²) in [5, 5.41) is 2.99. The number of carbonyl (C=O) groups is 1. The summed E-state index contributed by atoms with van der Waals surface area (Å²) in [5.74, 6) is 0.421. The first-order valence-corrected chi connectivity index (χ1v) is 9.13. The van der Waals surface area contributed by atoms with Crippen LogP contribution in [0, 0.1) is 12.8 Å². The van der Waals surface area contributed by atoms with E-state index < -0.39 is 0 Å². The van der Waals surface area contributed by atoms with Gasteiger partial charge in [-0.1, -0.05) is 30.3 Å². The predicted molar refractivity (Wildman–Crippen MR) is 94.9 cm³/mol. The van der Waals surface area contributed by atoms with E-state index in [1.54, 1.807) is 11.3 Å². The zero-order valence-electron chi connectivity index (χ0n) is 13.9. The summed E-state index contributed by atoms with van der Waals surface area (Å²) in [6.45, 7) is 5.42. The van der Waals surface area contributed by atoms with Gasteiger partial charge >= 0.3 is 6.03 Å². The third-order valence-electron chi connectivity index (χ3n) is 4.28. The van der Waals surface area contributed by atoms with Crippen molar-refractivity contribution < 1.29 is 9.53 Å². The number of rotatable bonds is 6. The van der Waals surface area contributed by atoms with Gasteiger partial charge in [-0.15, -0.1) is 11.3 Å². The van der Waals surface area contributed by atoms with Gasteiger partial charge in [0.2, 0.25) is 0 Å². The van der Waals surface area contributed by atoms with Gasteiger partial charge in [0.25, 0.3) is 0 Å². The van der Waals surface area contributed by atoms with Crippen LogP contribution in [0.5, 0.6) is 0 Å². The monoisotopic (exact) mass is 345 g/mol. The van der Waals surface area contributed by atoms with E-state index in [1.165, 1.54) is 5.56 Å². The minimum absolute atomic E-state index is 0.00774. The van der Waals surface area contributed by atoms with Crippen molar-refractivity contribution in [1.29, 1.82) is 0 Å². The number of hydrogen-bond acceptors (Lipinski definition) is 4. The highest BCUT2D eigenvalue weighted by molar-refractivity contribution is 7.09. The van der Waals surface area contributed by atoms with Crippen LogP contribution in [0.15, 0.2) is 35.8 Å². The normalized spacial score (nSPS) is 17.2. The van der Waals surface area contributed by atoms with Crippen molar-refractivity contribution in [2.24, 2.45) is 5.92 Å². The number of carbonyl (C=O) groups excluding carboxylic acids is 1. The number of urea groups is 1. The molecule has 0 radical (unpaired) electrons. The van der Waals surface area contributed by atoms with Crippen molar-refractivity contribution in [3.05, 3.63) is 52.0 Å². The van der Waals surface area contributed by atoms with Crippen molar-refractivity contribution >= 4 is 17.4 Å². The van der Waals surface area contributed by atoms with Gasteiger partial charge in [0.15, 0.2) is 0 Å². The summed E-state index contributed by atoms with van der Waals surface area (Å²) in [4.78, 5) is 19.4. The summed E-state index contributed by atoms with van der Waals surface area (Å²) in [7, 11) is 0. The van der Waals surface area contributed by atoms with Crippen LogP contribution in [0.2, 0.25) is 0 Å². The molecule has 1 atom stereocenters. The summed E-state index contributed by atoms with van der Waals surface area (Å²) in [5.41, 5.74) is 3.99. The Balaban J connectivity index is 1.37. The number of likely N-dealkylation sites (tertiary alicyclic amines) is 1. The van der Waals surface area contributed by atoms with Gasteiger partial charge in [-0.05, 0) is 18.9 Å². The Morgan fingerprint density at radius 1 is 1.42 bits per heavy atom. The van der Waals surface area contributed by atoms with E-state index in [2.05, 4.69) is 22.4 Å². The van der Waals surface area contributed by atoms with Crippen LogP contribution in [0.3, 0.4) is 0 Å². The molecule has 1 aromatic heterocycles. The third kappa shape index (κ3) is 4.55. The molecule has 24 heavy (non-hydrogen) atoms. The second-order valence-corrected chi connectivity index (χ2v) is 7.06. The first kappa shape index (κ1) is 16.9. The quantitative estimate of drug-likeness (QED) is 0.875. The first-order valence-electron chi connectivity index (χ1n) is 8.26. The van der Waals surface area contributed by atoms with E-state index in [9.17, 15) is 4.79 Å². The van der Waals surface area contributed by atoms with Crippen LogP contribution in [-0.4, -0.2) is 35.6 Å². The molecule has 1 fully saturated rings. The largest absolute Gasteiger partial charge is 0.376 e. The molecule has 1 aliphatic heterocycles. The molecule has 0 unspecified atom stereocenters. The van der Waals surface area contributed by atoms with Gasteiger partial charge < -0.3 is 15.0 Å². The first-order chi connectivity index (χ1) is 11.7. The van der Waals surface area contributed by atoms with Crippen molar-refractivity contribution in [1.82, 2.24) is 15.2 Å². The molecule has 0 spiro atoms. The molecule has 1 aliphatic rings. The number of benzene rings is 1. The lowest BCUT2D eigenvalue weighted by Crippen LogP contribution is -2.38. The maximum absolute atomic E-state index is 12.3. The highest BCUT2D eigenvalue weighted by Gasteiger charge is 2.26. The maximum atomic E-state index is 12.3. The molecule has 0 saturated carbocycles. The maximum Gasteiger partial charge on any atom is 0.317 e. The number of aryl methyl sites for hydroxylation is 1. The van der Waals surface area contributed by atoms with Gasteiger partial charge in [-0.3, -0.25) is 0 Å². The zero-order chi connectivity index (χ0) is 16.8. The molecular weight excluding hydrogens is 322 g/mol. The molecule has 2 amide bonds. The molecular formula is C18H23N3O2S. The summed E-state index contributed by atoms with van der Waals surface area (Å²) in [6.07, 6.45) is 1.00. The average molecular weight is 345 g/mol. The van der Waals surface area contributed by atoms with Crippen molar-refractivity contribution in [3.8, 4) is 0 Å². The Bertz CT molecular complexity index is 659. The van der Waals surface area contributed by atoms with E-state index in [4.69, 9.17) is 4.74 Å². The minimum atomic E-state index is 0.00774. The molecule has 0 aliphatic carbocycles. The predicted octanol–water partition coefficient (Wildman–Crippen LogP) is 3.20. The molecule has 2 aromatic rings. The SMILES string of the molecule is Cc1ncsc1CNC(=O)N1CC[C@@H](COCc2ccccc2)C1. The number of aromatic nitrogens is 1. The smallest absolute Gasteiger partial charge is 0.317 e. The van der Waals surface area contributed by atoms with Gasteiger partial charge in [0.1, 0.15) is 0 Å². The molecule has 3 rings (SSSR count). The lowest BCUT2D eigenvalue weighted by atomic mass is 10.1. The second-order valence-electron chi connectivity index (χ2n) is 6.12. The van der Waals surface area contributed by atoms with Gasteiger partial charge in [0.05, 0.1) is 31.0 Å². The van der Waals surface area contributed by atoms with Crippen LogP contribution in [0.1, 0.15) is 22.6 Å². The number of thiazole rings is 1. The molecule has 2 heterocycles. The Morgan fingerprint density at radius 3 is 3.00 bits per heavy atom. The second kappa shape index (κ2) is 8.26. The Hall–Kier alpha value is -1.92. The molecule has 1 saturated heterocycles. The van der Waals surface area contributed by atoms with Crippen LogP contribution in [-0.2, 0) is 17.9 Å². The number of nitrogens with zero attached hydrogens (tertiary/aromatic N) is 2. The highest BCUT2D eigenvalue weighted by Crippen LogP contribution is 2.18. The summed E-state index contributed by atoms with van der Waals surface area (Å²) < 4.78 is 5.80. The Kier molecular flexibility index (Phi) is 5.82. The molecule has 6 heteroatoms. The lowest BCUT2D eigenvalue weighted by Gasteiger charge is -2.17.